The number of carbonyl (C=O) groups is 2. The van der Waals surface area contributed by atoms with E-state index in [2.05, 4.69) is 9.82 Å². The molecule has 2 atom stereocenters. The molecule has 17 heteroatoms. The van der Waals surface area contributed by atoms with Crippen LogP contribution in [-0.4, -0.2) is 59.4 Å². The highest BCUT2D eigenvalue weighted by atomic mass is 32.2. The molecular formula is C31H29F3N6O7S. The first-order chi connectivity index (χ1) is 22.8. The number of aryl methyl sites for hydroxylation is 1. The number of aromatic nitrogens is 4. The lowest BCUT2D eigenvalue weighted by Crippen LogP contribution is -2.38. The van der Waals surface area contributed by atoms with Crippen LogP contribution in [0.1, 0.15) is 35.0 Å². The lowest BCUT2D eigenvalue weighted by molar-refractivity contribution is -0.141. The van der Waals surface area contributed by atoms with Crippen LogP contribution in [0.4, 0.5) is 13.2 Å². The van der Waals surface area contributed by atoms with Crippen molar-refractivity contribution >= 4 is 21.9 Å². The van der Waals surface area contributed by atoms with Gasteiger partial charge in [0.2, 0.25) is 5.91 Å². The number of rotatable bonds is 10. The van der Waals surface area contributed by atoms with Crippen LogP contribution in [0.3, 0.4) is 0 Å². The molecule has 1 saturated heterocycles. The highest BCUT2D eigenvalue weighted by Gasteiger charge is 2.37. The second-order valence-electron chi connectivity index (χ2n) is 11.1. The summed E-state index contributed by atoms with van der Waals surface area (Å²) in [6.07, 6.45) is -5.40. The maximum atomic E-state index is 13.6. The summed E-state index contributed by atoms with van der Waals surface area (Å²) in [7, 11) is -4.32. The fraction of sp³-hybridized carbons (Fsp3) is 0.258. The molecule has 0 saturated carbocycles. The molecule has 0 bridgehead atoms. The van der Waals surface area contributed by atoms with E-state index in [-0.39, 0.29) is 22.8 Å². The Bertz CT molecular complexity index is 2010. The van der Waals surface area contributed by atoms with Gasteiger partial charge in [-0.15, -0.1) is 0 Å². The van der Waals surface area contributed by atoms with Gasteiger partial charge in [0.15, 0.2) is 5.69 Å². The smallest absolute Gasteiger partial charge is 0.420 e. The number of alkyl halides is 3. The molecule has 2 aromatic heterocycles. The van der Waals surface area contributed by atoms with Gasteiger partial charge >= 0.3 is 12.1 Å². The number of sulfonamides is 1. The molecule has 0 spiro atoms. The number of hydrogen-bond donors (Lipinski definition) is 1. The summed E-state index contributed by atoms with van der Waals surface area (Å²) in [6, 6.07) is 21.1. The molecule has 6 rings (SSSR count). The van der Waals surface area contributed by atoms with E-state index >= 15 is 0 Å². The Morgan fingerprint density at radius 2 is 1.71 bits per heavy atom. The van der Waals surface area contributed by atoms with Gasteiger partial charge in [-0.05, 0) is 55.8 Å². The molecule has 3 heterocycles. The average molecular weight is 687 g/mol. The minimum absolute atomic E-state index is 0.0982. The molecule has 1 amide bonds. The van der Waals surface area contributed by atoms with Crippen LogP contribution in [0.15, 0.2) is 94.5 Å². The van der Waals surface area contributed by atoms with Gasteiger partial charge in [0, 0.05) is 24.0 Å². The molecule has 5 aromatic rings. The number of ether oxygens (including phenoxy) is 1. The van der Waals surface area contributed by atoms with E-state index in [0.717, 1.165) is 21.3 Å². The van der Waals surface area contributed by atoms with Crippen molar-refractivity contribution in [3.8, 4) is 16.9 Å². The molecule has 2 unspecified atom stereocenters. The molecular weight excluding hydrogens is 657 g/mol. The van der Waals surface area contributed by atoms with Gasteiger partial charge in [-0.1, -0.05) is 48.0 Å². The van der Waals surface area contributed by atoms with Crippen molar-refractivity contribution < 1.29 is 45.4 Å². The van der Waals surface area contributed by atoms with Crippen LogP contribution in [0.25, 0.3) is 16.9 Å². The number of nitrogens with one attached hydrogen (secondary N) is 1. The standard InChI is InChI=1S/C31H29F3N6O7S/c1-20-8-10-22(11-9-20)27-18-28(31(32,33)34)35-38(27)25-12-14-26(15-13-25)48(43,44)36-29(41)24-16-17-37(19-24)39-40(47-39)46-21(2)45-30(42)23-6-4-3-5-7-23/h3-15,18,21,24H,16-17,19H2,1-2H3,(H,36,41). The zero-order valence-electron chi connectivity index (χ0n) is 25.5. The maximum Gasteiger partial charge on any atom is 0.435 e. The van der Waals surface area contributed by atoms with E-state index in [0.29, 0.717) is 24.1 Å². The van der Waals surface area contributed by atoms with Gasteiger partial charge in [0.1, 0.15) is 5.02 Å². The van der Waals surface area contributed by atoms with Crippen molar-refractivity contribution in [2.24, 2.45) is 5.92 Å². The van der Waals surface area contributed by atoms with Crippen LogP contribution in [0.2, 0.25) is 0 Å². The lowest BCUT2D eigenvalue weighted by atomic mass is 10.1. The van der Waals surface area contributed by atoms with Crippen LogP contribution in [-0.2, 0) is 25.7 Å². The van der Waals surface area contributed by atoms with Crippen molar-refractivity contribution in [2.75, 3.05) is 18.1 Å². The molecule has 0 radical (unpaired) electrons. The van der Waals surface area contributed by atoms with Crippen molar-refractivity contribution in [2.45, 2.75) is 37.6 Å². The molecule has 1 fully saturated rings. The zero-order valence-corrected chi connectivity index (χ0v) is 26.3. The van der Waals surface area contributed by atoms with Gasteiger partial charge in [-0.3, -0.25) is 9.80 Å². The predicted molar refractivity (Wildman–Crippen MR) is 163 cm³/mol. The molecule has 1 aliphatic heterocycles. The third kappa shape index (κ3) is 7.10. The Hall–Kier alpha value is -5.45. The number of esters is 1. The van der Waals surface area contributed by atoms with Gasteiger partial charge in [0.25, 0.3) is 16.3 Å². The Balaban J connectivity index is 1.07. The second kappa shape index (κ2) is 12.6. The third-order valence-electron chi connectivity index (χ3n) is 7.53. The minimum Gasteiger partial charge on any atom is -0.420 e. The van der Waals surface area contributed by atoms with Crippen molar-refractivity contribution in [1.82, 2.24) is 24.5 Å². The normalized spacial score (nSPS) is 15.8. The van der Waals surface area contributed by atoms with E-state index in [9.17, 15) is 31.2 Å². The van der Waals surface area contributed by atoms with Crippen molar-refractivity contribution in [3.63, 3.8) is 0 Å². The Morgan fingerprint density at radius 1 is 1.02 bits per heavy atom. The third-order valence-corrected chi connectivity index (χ3v) is 8.89. The van der Waals surface area contributed by atoms with Crippen LogP contribution in [0.5, 0.6) is 0 Å². The number of halogens is 3. The fourth-order valence-electron chi connectivity index (χ4n) is 5.00. The fourth-order valence-corrected chi connectivity index (χ4v) is 6.04. The molecule has 0 aliphatic carbocycles. The molecule has 13 nitrogen and oxygen atoms in total. The lowest BCUT2D eigenvalue weighted by Gasteiger charge is -2.13. The Kier molecular flexibility index (Phi) is 8.55. The number of hydrogen-bond acceptors (Lipinski definition) is 9. The number of amides is 1. The van der Waals surface area contributed by atoms with E-state index in [1.54, 1.807) is 59.6 Å². The first-order valence-electron chi connectivity index (χ1n) is 14.7. The van der Waals surface area contributed by atoms with Crippen molar-refractivity contribution in [1.29, 1.82) is 0 Å². The van der Waals surface area contributed by atoms with Gasteiger partial charge in [-0.2, -0.15) is 22.9 Å². The monoisotopic (exact) mass is 686 g/mol. The Morgan fingerprint density at radius 3 is 2.38 bits per heavy atom. The maximum absolute atomic E-state index is 13.6. The summed E-state index contributed by atoms with van der Waals surface area (Å²) in [5.74, 6) is -2.06. The molecule has 3 aromatic carbocycles. The first kappa shape index (κ1) is 32.5. The van der Waals surface area contributed by atoms with E-state index in [4.69, 9.17) is 14.2 Å². The topological polar surface area (TPSA) is 143 Å². The van der Waals surface area contributed by atoms with E-state index in [1.807, 2.05) is 6.92 Å². The number of nitrogens with zero attached hydrogens (tertiary/aromatic N) is 5. The highest BCUT2D eigenvalue weighted by Crippen LogP contribution is 2.33. The quantitative estimate of drug-likeness (QED) is 0.169. The molecule has 1 aliphatic rings. The minimum atomic E-state index is -4.70. The predicted octanol–water partition coefficient (Wildman–Crippen LogP) is 4.16. The highest BCUT2D eigenvalue weighted by molar-refractivity contribution is 7.90. The molecule has 48 heavy (non-hydrogen) atoms. The summed E-state index contributed by atoms with van der Waals surface area (Å²) in [6.45, 7) is 3.77. The summed E-state index contributed by atoms with van der Waals surface area (Å²) in [5, 5.41) is 6.30. The second-order valence-corrected chi connectivity index (χ2v) is 12.8. The van der Waals surface area contributed by atoms with Gasteiger partial charge in [0.05, 0.1) is 34.3 Å². The average Bonchev–Trinajstić information content (AvgIpc) is 3.42. The van der Waals surface area contributed by atoms with Gasteiger partial charge < -0.3 is 9.57 Å². The summed E-state index contributed by atoms with van der Waals surface area (Å²) >= 11 is 0. The van der Waals surface area contributed by atoms with E-state index in [1.165, 1.54) is 36.2 Å². The summed E-state index contributed by atoms with van der Waals surface area (Å²) < 4.78 is 80.4. The summed E-state index contributed by atoms with van der Waals surface area (Å²) in [5.41, 5.74) is 1.01. The Labute approximate surface area is 271 Å². The number of benzene rings is 3. The largest absolute Gasteiger partial charge is 0.435 e. The van der Waals surface area contributed by atoms with Crippen LogP contribution in [0, 0.1) is 12.8 Å². The van der Waals surface area contributed by atoms with Crippen molar-refractivity contribution in [3.05, 3.63) is 102 Å². The zero-order chi connectivity index (χ0) is 34.2. The van der Waals surface area contributed by atoms with Crippen LogP contribution >= 0.6 is 0 Å². The number of carbonyl (C=O) groups excluding carboxylic acids is 2. The molecule has 1 N–H and O–H groups in total. The van der Waals surface area contributed by atoms with Crippen LogP contribution < -0.4 is 14.6 Å². The summed E-state index contributed by atoms with van der Waals surface area (Å²) in [4.78, 5) is 31.5. The SMILES string of the molecule is Cc1ccc(-c2cc(C(F)(F)F)nn2-c2ccc(S(=O)(=O)NC(=O)C3CCN(n4on4OC(C)OC(=O)c4ccccc4)C3)cc2)cc1. The molecule has 252 valence electrons. The van der Waals surface area contributed by atoms with E-state index < -0.39 is 46.0 Å². The van der Waals surface area contributed by atoms with Gasteiger partial charge in [-0.25, -0.2) is 22.6 Å². The first-order valence-corrected chi connectivity index (χ1v) is 16.1.